The lowest BCUT2D eigenvalue weighted by Gasteiger charge is -2.10. The molecule has 0 aliphatic carbocycles. The quantitative estimate of drug-likeness (QED) is 0.478. The molecular formula is C16H17BrINO. The minimum Gasteiger partial charge on any atom is -0.456 e. The summed E-state index contributed by atoms with van der Waals surface area (Å²) in [5.74, 6) is 1.69. The van der Waals surface area contributed by atoms with E-state index in [9.17, 15) is 0 Å². The van der Waals surface area contributed by atoms with E-state index in [4.69, 9.17) is 4.74 Å². The number of nitrogens with one attached hydrogen (secondary N) is 1. The smallest absolute Gasteiger partial charge is 0.141 e. The number of hydrogen-bond donors (Lipinski definition) is 1. The third kappa shape index (κ3) is 4.75. The van der Waals surface area contributed by atoms with Crippen LogP contribution in [0, 0.1) is 3.57 Å². The molecule has 2 aromatic carbocycles. The largest absolute Gasteiger partial charge is 0.456 e. The van der Waals surface area contributed by atoms with Gasteiger partial charge >= 0.3 is 0 Å². The highest BCUT2D eigenvalue weighted by Gasteiger charge is 2.04. The lowest BCUT2D eigenvalue weighted by molar-refractivity contribution is 0.479. The van der Waals surface area contributed by atoms with Gasteiger partial charge in [0, 0.05) is 10.1 Å². The average Bonchev–Trinajstić information content (AvgIpc) is 2.44. The van der Waals surface area contributed by atoms with E-state index in [1.54, 1.807) is 0 Å². The monoisotopic (exact) mass is 445 g/mol. The summed E-state index contributed by atoms with van der Waals surface area (Å²) in [6.45, 7) is 4.09. The summed E-state index contributed by atoms with van der Waals surface area (Å²) in [4.78, 5) is 0. The second-order valence-electron chi connectivity index (χ2n) is 4.50. The molecule has 0 aromatic heterocycles. The van der Waals surface area contributed by atoms with Gasteiger partial charge in [-0.05, 0) is 93.4 Å². The molecule has 0 heterocycles. The molecule has 20 heavy (non-hydrogen) atoms. The molecule has 2 rings (SSSR count). The summed E-state index contributed by atoms with van der Waals surface area (Å²) < 4.78 is 8.05. The van der Waals surface area contributed by atoms with E-state index in [2.05, 4.69) is 62.9 Å². The maximum atomic E-state index is 5.87. The van der Waals surface area contributed by atoms with Crippen LogP contribution < -0.4 is 10.1 Å². The van der Waals surface area contributed by atoms with Gasteiger partial charge in [0.1, 0.15) is 11.5 Å². The number of ether oxygens (including phenoxy) is 1. The zero-order chi connectivity index (χ0) is 14.4. The summed E-state index contributed by atoms with van der Waals surface area (Å²) in [6, 6.07) is 14.2. The van der Waals surface area contributed by atoms with E-state index in [0.717, 1.165) is 35.5 Å². The third-order valence-electron chi connectivity index (χ3n) is 2.79. The maximum absolute atomic E-state index is 5.87. The third-order valence-corrected chi connectivity index (χ3v) is 4.13. The van der Waals surface area contributed by atoms with Crippen molar-refractivity contribution in [3.8, 4) is 11.5 Å². The Morgan fingerprint density at radius 2 is 1.90 bits per heavy atom. The molecule has 0 fully saturated rings. The van der Waals surface area contributed by atoms with E-state index in [-0.39, 0.29) is 0 Å². The Morgan fingerprint density at radius 3 is 2.55 bits per heavy atom. The molecule has 0 amide bonds. The zero-order valence-corrected chi connectivity index (χ0v) is 15.1. The highest BCUT2D eigenvalue weighted by molar-refractivity contribution is 14.1. The van der Waals surface area contributed by atoms with Gasteiger partial charge in [0.25, 0.3) is 0 Å². The van der Waals surface area contributed by atoms with Gasteiger partial charge in [-0.3, -0.25) is 0 Å². The number of rotatable bonds is 6. The second-order valence-corrected chi connectivity index (χ2v) is 6.60. The fourth-order valence-corrected chi connectivity index (χ4v) is 2.64. The molecule has 0 spiro atoms. The van der Waals surface area contributed by atoms with E-state index in [1.165, 1.54) is 9.13 Å². The van der Waals surface area contributed by atoms with Crippen LogP contribution in [-0.2, 0) is 6.54 Å². The molecule has 0 saturated carbocycles. The van der Waals surface area contributed by atoms with Crippen LogP contribution >= 0.6 is 38.5 Å². The molecule has 2 aromatic rings. The average molecular weight is 446 g/mol. The van der Waals surface area contributed by atoms with Crippen molar-refractivity contribution in [3.05, 3.63) is 56.1 Å². The molecule has 2 nitrogen and oxygen atoms in total. The van der Waals surface area contributed by atoms with Gasteiger partial charge in [-0.2, -0.15) is 0 Å². The zero-order valence-electron chi connectivity index (χ0n) is 11.3. The molecule has 0 bridgehead atoms. The van der Waals surface area contributed by atoms with E-state index in [1.807, 2.05) is 30.3 Å². The van der Waals surface area contributed by atoms with Crippen molar-refractivity contribution in [1.29, 1.82) is 0 Å². The molecule has 0 radical (unpaired) electrons. The molecule has 0 unspecified atom stereocenters. The Balaban J connectivity index is 2.03. The van der Waals surface area contributed by atoms with Crippen molar-refractivity contribution in [2.45, 2.75) is 19.9 Å². The Morgan fingerprint density at radius 1 is 1.15 bits per heavy atom. The van der Waals surface area contributed by atoms with Crippen molar-refractivity contribution in [1.82, 2.24) is 5.32 Å². The minimum atomic E-state index is 0.838. The summed E-state index contributed by atoms with van der Waals surface area (Å²) in [5.41, 5.74) is 1.25. The normalized spacial score (nSPS) is 10.6. The van der Waals surface area contributed by atoms with Crippen LogP contribution in [0.2, 0.25) is 0 Å². The Bertz CT molecular complexity index is 557. The van der Waals surface area contributed by atoms with Gasteiger partial charge in [0.15, 0.2) is 0 Å². The van der Waals surface area contributed by atoms with Gasteiger partial charge in [-0.25, -0.2) is 0 Å². The molecule has 0 saturated heterocycles. The summed E-state index contributed by atoms with van der Waals surface area (Å²) in [6.07, 6.45) is 1.15. The summed E-state index contributed by atoms with van der Waals surface area (Å²) >= 11 is 5.86. The van der Waals surface area contributed by atoms with Crippen LogP contribution in [0.25, 0.3) is 0 Å². The lowest BCUT2D eigenvalue weighted by atomic mass is 10.2. The number of halogens is 2. The molecule has 0 aliphatic rings. The predicted octanol–water partition coefficient (Wildman–Crippen LogP) is 5.35. The Labute approximate surface area is 142 Å². The lowest BCUT2D eigenvalue weighted by Crippen LogP contribution is -2.13. The maximum Gasteiger partial charge on any atom is 0.141 e. The highest BCUT2D eigenvalue weighted by atomic mass is 127. The molecule has 1 N–H and O–H groups in total. The van der Waals surface area contributed by atoms with Crippen LogP contribution in [0.4, 0.5) is 0 Å². The fraction of sp³-hybridized carbons (Fsp3) is 0.250. The molecule has 106 valence electrons. The van der Waals surface area contributed by atoms with Gasteiger partial charge in [-0.15, -0.1) is 0 Å². The van der Waals surface area contributed by atoms with E-state index in [0.29, 0.717) is 0 Å². The minimum absolute atomic E-state index is 0.838. The fourth-order valence-electron chi connectivity index (χ4n) is 1.78. The Hall–Kier alpha value is -0.590. The SMILES string of the molecule is CCCNCc1ccc(Oc2ccc(I)cc2)c(Br)c1. The van der Waals surface area contributed by atoms with Crippen molar-refractivity contribution < 1.29 is 4.74 Å². The number of benzene rings is 2. The molecule has 0 aliphatic heterocycles. The first kappa shape index (κ1) is 15.8. The van der Waals surface area contributed by atoms with Crippen LogP contribution in [-0.4, -0.2) is 6.54 Å². The van der Waals surface area contributed by atoms with Crippen LogP contribution in [0.3, 0.4) is 0 Å². The van der Waals surface area contributed by atoms with Crippen LogP contribution in [0.15, 0.2) is 46.9 Å². The summed E-state index contributed by atoms with van der Waals surface area (Å²) in [5, 5.41) is 3.39. The van der Waals surface area contributed by atoms with Crippen molar-refractivity contribution in [2.75, 3.05) is 6.54 Å². The number of hydrogen-bond acceptors (Lipinski definition) is 2. The first-order valence-electron chi connectivity index (χ1n) is 6.61. The first-order valence-corrected chi connectivity index (χ1v) is 8.49. The highest BCUT2D eigenvalue weighted by Crippen LogP contribution is 2.30. The van der Waals surface area contributed by atoms with Gasteiger partial charge in [0.2, 0.25) is 0 Å². The second kappa shape index (κ2) is 8.00. The van der Waals surface area contributed by atoms with E-state index >= 15 is 0 Å². The van der Waals surface area contributed by atoms with Crippen molar-refractivity contribution in [3.63, 3.8) is 0 Å². The molecule has 0 atom stereocenters. The molecular weight excluding hydrogens is 429 g/mol. The first-order chi connectivity index (χ1) is 9.69. The summed E-state index contributed by atoms with van der Waals surface area (Å²) in [7, 11) is 0. The van der Waals surface area contributed by atoms with Crippen molar-refractivity contribution in [2.24, 2.45) is 0 Å². The van der Waals surface area contributed by atoms with Gasteiger partial charge < -0.3 is 10.1 Å². The predicted molar refractivity (Wildman–Crippen MR) is 95.4 cm³/mol. The standard InChI is InChI=1S/C16H17BrINO/c1-2-9-19-11-12-3-8-16(15(17)10-12)20-14-6-4-13(18)5-7-14/h3-8,10,19H,2,9,11H2,1H3. The van der Waals surface area contributed by atoms with Crippen LogP contribution in [0.1, 0.15) is 18.9 Å². The van der Waals surface area contributed by atoms with Gasteiger partial charge in [0.05, 0.1) is 4.47 Å². The van der Waals surface area contributed by atoms with Crippen LogP contribution in [0.5, 0.6) is 11.5 Å². The van der Waals surface area contributed by atoms with E-state index < -0.39 is 0 Å². The van der Waals surface area contributed by atoms with Crippen molar-refractivity contribution >= 4 is 38.5 Å². The Kier molecular flexibility index (Phi) is 6.32. The topological polar surface area (TPSA) is 21.3 Å². The molecule has 4 heteroatoms. The van der Waals surface area contributed by atoms with Gasteiger partial charge in [-0.1, -0.05) is 13.0 Å².